The van der Waals surface area contributed by atoms with Gasteiger partial charge in [0.05, 0.1) is 30.6 Å². The van der Waals surface area contributed by atoms with Gasteiger partial charge in [-0.15, -0.1) is 0 Å². The SMILES string of the molecule is Cc1nn(C)c(C)c1CCNC(=O)[C@@H]1CC(=O)N[C@@H](CC(N)=O)C(=O)N(C)CCOc2ccccc2C(=O)N1. The van der Waals surface area contributed by atoms with Crippen LogP contribution in [0.5, 0.6) is 5.75 Å². The Labute approximate surface area is 226 Å². The molecule has 0 radical (unpaired) electrons. The lowest BCUT2D eigenvalue weighted by Crippen LogP contribution is -2.53. The van der Waals surface area contributed by atoms with E-state index in [9.17, 15) is 24.0 Å². The molecule has 5 amide bonds. The lowest BCUT2D eigenvalue weighted by atomic mass is 10.1. The van der Waals surface area contributed by atoms with E-state index in [1.807, 2.05) is 20.9 Å². The average Bonchev–Trinajstić information content (AvgIpc) is 3.12. The van der Waals surface area contributed by atoms with Crippen LogP contribution >= 0.6 is 0 Å². The van der Waals surface area contributed by atoms with Crippen molar-refractivity contribution in [3.63, 3.8) is 0 Å². The Bertz CT molecular complexity index is 1260. The van der Waals surface area contributed by atoms with E-state index in [-0.39, 0.29) is 31.0 Å². The number of benzene rings is 1. The second kappa shape index (κ2) is 12.9. The highest BCUT2D eigenvalue weighted by Gasteiger charge is 2.30. The van der Waals surface area contributed by atoms with Gasteiger partial charge < -0.3 is 31.3 Å². The molecule has 39 heavy (non-hydrogen) atoms. The number of nitrogens with two attached hydrogens (primary N) is 1. The topological polar surface area (TPSA) is 178 Å². The maximum Gasteiger partial charge on any atom is 0.255 e. The van der Waals surface area contributed by atoms with Gasteiger partial charge in [0.15, 0.2) is 0 Å². The van der Waals surface area contributed by atoms with E-state index in [4.69, 9.17) is 10.5 Å². The molecule has 0 unspecified atom stereocenters. The highest BCUT2D eigenvalue weighted by molar-refractivity contribution is 6.01. The number of aromatic nitrogens is 2. The van der Waals surface area contributed by atoms with Crippen LogP contribution in [0.3, 0.4) is 0 Å². The van der Waals surface area contributed by atoms with E-state index in [1.165, 1.54) is 18.0 Å². The second-order valence-corrected chi connectivity index (χ2v) is 9.44. The van der Waals surface area contributed by atoms with Gasteiger partial charge in [0.2, 0.25) is 23.6 Å². The Morgan fingerprint density at radius 1 is 1.15 bits per heavy atom. The van der Waals surface area contributed by atoms with Crippen LogP contribution in [0.25, 0.3) is 0 Å². The van der Waals surface area contributed by atoms with Crippen LogP contribution in [-0.4, -0.2) is 83.0 Å². The minimum atomic E-state index is -1.27. The highest BCUT2D eigenvalue weighted by atomic mass is 16.5. The van der Waals surface area contributed by atoms with Crippen molar-refractivity contribution in [3.05, 3.63) is 46.8 Å². The number of nitrogens with one attached hydrogen (secondary N) is 3. The molecule has 0 aliphatic carbocycles. The Balaban J connectivity index is 1.84. The van der Waals surface area contributed by atoms with Gasteiger partial charge >= 0.3 is 0 Å². The zero-order valence-electron chi connectivity index (χ0n) is 22.6. The lowest BCUT2D eigenvalue weighted by Gasteiger charge is -2.26. The molecular formula is C26H35N7O6. The molecule has 0 spiro atoms. The Kier molecular flexibility index (Phi) is 9.63. The first-order valence-electron chi connectivity index (χ1n) is 12.6. The molecule has 2 heterocycles. The molecule has 5 N–H and O–H groups in total. The van der Waals surface area contributed by atoms with E-state index in [0.717, 1.165) is 17.0 Å². The summed E-state index contributed by atoms with van der Waals surface area (Å²) in [5.74, 6) is -2.96. The van der Waals surface area contributed by atoms with E-state index in [2.05, 4.69) is 21.0 Å². The number of hydrogen-bond acceptors (Lipinski definition) is 7. The van der Waals surface area contributed by atoms with Crippen LogP contribution in [0.2, 0.25) is 0 Å². The predicted octanol–water partition coefficient (Wildman–Crippen LogP) is -0.905. The van der Waals surface area contributed by atoms with Crippen LogP contribution in [0, 0.1) is 13.8 Å². The van der Waals surface area contributed by atoms with Gasteiger partial charge in [-0.1, -0.05) is 12.1 Å². The summed E-state index contributed by atoms with van der Waals surface area (Å²) in [5.41, 5.74) is 8.29. The van der Waals surface area contributed by atoms with Crippen molar-refractivity contribution in [3.8, 4) is 5.75 Å². The molecular weight excluding hydrogens is 506 g/mol. The molecule has 2 aromatic rings. The van der Waals surface area contributed by atoms with E-state index in [0.29, 0.717) is 6.42 Å². The van der Waals surface area contributed by atoms with Crippen molar-refractivity contribution < 1.29 is 28.7 Å². The summed E-state index contributed by atoms with van der Waals surface area (Å²) in [4.78, 5) is 65.1. The summed E-state index contributed by atoms with van der Waals surface area (Å²) in [6.07, 6.45) is -0.397. The lowest BCUT2D eigenvalue weighted by molar-refractivity contribution is -0.137. The molecule has 0 fully saturated rings. The number of fused-ring (bicyclic) bond motifs is 1. The van der Waals surface area contributed by atoms with Gasteiger partial charge in [-0.25, -0.2) is 0 Å². The summed E-state index contributed by atoms with van der Waals surface area (Å²) in [6.45, 7) is 4.22. The molecule has 1 aromatic carbocycles. The number of ether oxygens (including phenoxy) is 1. The zero-order chi connectivity index (χ0) is 28.7. The second-order valence-electron chi connectivity index (χ2n) is 9.44. The normalized spacial score (nSPS) is 18.8. The van der Waals surface area contributed by atoms with Crippen molar-refractivity contribution in [1.82, 2.24) is 30.6 Å². The minimum absolute atomic E-state index is 0.0425. The highest BCUT2D eigenvalue weighted by Crippen LogP contribution is 2.19. The van der Waals surface area contributed by atoms with Gasteiger partial charge in [-0.3, -0.25) is 28.7 Å². The quantitative estimate of drug-likeness (QED) is 0.366. The molecule has 0 bridgehead atoms. The third kappa shape index (κ3) is 7.55. The Morgan fingerprint density at radius 2 is 1.87 bits per heavy atom. The van der Waals surface area contributed by atoms with Gasteiger partial charge in [0, 0.05) is 26.3 Å². The monoisotopic (exact) mass is 541 g/mol. The van der Waals surface area contributed by atoms with Crippen LogP contribution in [0.15, 0.2) is 24.3 Å². The molecule has 0 saturated carbocycles. The number of rotatable bonds is 6. The molecule has 13 nitrogen and oxygen atoms in total. The number of carbonyl (C=O) groups excluding carboxylic acids is 5. The van der Waals surface area contributed by atoms with Gasteiger partial charge in [0.1, 0.15) is 24.4 Å². The van der Waals surface area contributed by atoms with Gasteiger partial charge in [-0.05, 0) is 38.0 Å². The predicted molar refractivity (Wildman–Crippen MR) is 141 cm³/mol. The molecule has 2 atom stereocenters. The summed E-state index contributed by atoms with van der Waals surface area (Å²) < 4.78 is 7.51. The summed E-state index contributed by atoms with van der Waals surface area (Å²) in [6, 6.07) is 3.97. The summed E-state index contributed by atoms with van der Waals surface area (Å²) in [7, 11) is 3.33. The maximum atomic E-state index is 13.2. The molecule has 1 aromatic heterocycles. The number of para-hydroxylation sites is 1. The third-order valence-electron chi connectivity index (χ3n) is 6.58. The number of hydrogen-bond donors (Lipinski definition) is 4. The number of carbonyl (C=O) groups is 5. The van der Waals surface area contributed by atoms with Crippen molar-refractivity contribution in [2.24, 2.45) is 12.8 Å². The molecule has 3 rings (SSSR count). The fourth-order valence-corrected chi connectivity index (χ4v) is 4.35. The molecule has 0 saturated heterocycles. The van der Waals surface area contributed by atoms with E-state index in [1.54, 1.807) is 22.9 Å². The first-order valence-corrected chi connectivity index (χ1v) is 12.6. The van der Waals surface area contributed by atoms with Crippen molar-refractivity contribution >= 4 is 29.5 Å². The van der Waals surface area contributed by atoms with Crippen molar-refractivity contribution in [1.29, 1.82) is 0 Å². The van der Waals surface area contributed by atoms with Crippen LogP contribution < -0.4 is 26.4 Å². The fraction of sp³-hybridized carbons (Fsp3) is 0.462. The molecule has 1 aliphatic rings. The van der Waals surface area contributed by atoms with E-state index < -0.39 is 54.5 Å². The maximum absolute atomic E-state index is 13.2. The fourth-order valence-electron chi connectivity index (χ4n) is 4.35. The molecule has 1 aliphatic heterocycles. The Morgan fingerprint density at radius 3 is 2.54 bits per heavy atom. The number of likely N-dealkylation sites (N-methyl/N-ethyl adjacent to an activating group) is 1. The number of nitrogens with zero attached hydrogens (tertiary/aromatic N) is 3. The van der Waals surface area contributed by atoms with Crippen molar-refractivity contribution in [2.75, 3.05) is 26.7 Å². The third-order valence-corrected chi connectivity index (χ3v) is 6.58. The number of amides is 5. The van der Waals surface area contributed by atoms with Crippen LogP contribution in [-0.2, 0) is 32.6 Å². The number of aryl methyl sites for hydroxylation is 2. The number of primary amides is 1. The van der Waals surface area contributed by atoms with Crippen LogP contribution in [0.4, 0.5) is 0 Å². The first kappa shape index (κ1) is 29.1. The van der Waals surface area contributed by atoms with Crippen LogP contribution in [0.1, 0.15) is 40.2 Å². The first-order chi connectivity index (χ1) is 18.5. The summed E-state index contributed by atoms with van der Waals surface area (Å²) >= 11 is 0. The van der Waals surface area contributed by atoms with Crippen molar-refractivity contribution in [2.45, 2.75) is 45.2 Å². The largest absolute Gasteiger partial charge is 0.491 e. The van der Waals surface area contributed by atoms with Gasteiger partial charge in [0.25, 0.3) is 5.91 Å². The molecule has 210 valence electrons. The molecule has 13 heteroatoms. The summed E-state index contributed by atoms with van der Waals surface area (Å²) in [5, 5.41) is 12.2. The smallest absolute Gasteiger partial charge is 0.255 e. The average molecular weight is 542 g/mol. The minimum Gasteiger partial charge on any atom is -0.491 e. The van der Waals surface area contributed by atoms with E-state index >= 15 is 0 Å². The van der Waals surface area contributed by atoms with Gasteiger partial charge in [-0.2, -0.15) is 5.10 Å². The standard InChI is InChI=1S/C26H35N7O6/c1-15-17(16(2)33(4)31-15)9-10-28-25(37)19-14-23(35)29-20(13-22(27)34)26(38)32(3)11-12-39-21-8-6-5-7-18(21)24(36)30-19/h5-8,19-20H,9-14H2,1-4H3,(H2,27,34)(H,28,37)(H,29,35)(H,30,36)/t19-,20-/m0/s1. The zero-order valence-corrected chi connectivity index (χ0v) is 22.6. The Hall–Kier alpha value is -4.42.